The Bertz CT molecular complexity index is 1030. The zero-order valence-corrected chi connectivity index (χ0v) is 20.2. The fraction of sp³-hybridized carbons (Fsp3) is 0.586. The van der Waals surface area contributed by atoms with Gasteiger partial charge in [0.25, 0.3) is 0 Å². The second-order valence-electron chi connectivity index (χ2n) is 11.7. The van der Waals surface area contributed by atoms with Crippen LogP contribution in [0.4, 0.5) is 0 Å². The SMILES string of the molecule is C=C1C2CCC3C4(C)CCCC(C)(C(=O)O)C4CC(OC(=O)C=Cc4ccccc4)C3(C2)C1O. The highest BCUT2D eigenvalue weighted by atomic mass is 16.5. The normalized spacial score (nSPS) is 43.3. The van der Waals surface area contributed by atoms with E-state index in [9.17, 15) is 19.8 Å². The topological polar surface area (TPSA) is 83.8 Å². The molecule has 0 saturated heterocycles. The lowest BCUT2D eigenvalue weighted by Gasteiger charge is -2.65. The number of ether oxygens (including phenoxy) is 1. The number of aliphatic hydroxyl groups excluding tert-OH is 1. The molecule has 2 bridgehead atoms. The quantitative estimate of drug-likeness (QED) is 0.361. The van der Waals surface area contributed by atoms with Gasteiger partial charge in [-0.05, 0) is 85.8 Å². The molecule has 182 valence electrons. The number of esters is 1. The third-order valence-corrected chi connectivity index (χ3v) is 10.2. The summed E-state index contributed by atoms with van der Waals surface area (Å²) in [4.78, 5) is 25.5. The summed E-state index contributed by atoms with van der Waals surface area (Å²) in [6.45, 7) is 8.35. The Kier molecular flexibility index (Phi) is 5.55. The summed E-state index contributed by atoms with van der Waals surface area (Å²) in [6.07, 6.45) is 7.49. The molecule has 5 nitrogen and oxygen atoms in total. The third-order valence-electron chi connectivity index (χ3n) is 10.2. The largest absolute Gasteiger partial charge is 0.481 e. The van der Waals surface area contributed by atoms with Crippen LogP contribution < -0.4 is 0 Å². The summed E-state index contributed by atoms with van der Waals surface area (Å²) in [7, 11) is 0. The molecule has 2 N–H and O–H groups in total. The molecule has 4 saturated carbocycles. The van der Waals surface area contributed by atoms with Gasteiger partial charge in [-0.1, -0.05) is 50.3 Å². The van der Waals surface area contributed by atoms with Gasteiger partial charge < -0.3 is 14.9 Å². The van der Waals surface area contributed by atoms with E-state index in [0.29, 0.717) is 12.8 Å². The van der Waals surface area contributed by atoms with E-state index in [1.54, 1.807) is 6.08 Å². The molecule has 34 heavy (non-hydrogen) atoms. The van der Waals surface area contributed by atoms with Gasteiger partial charge in [0, 0.05) is 11.5 Å². The van der Waals surface area contributed by atoms with Crippen LogP contribution in [0.5, 0.6) is 0 Å². The number of hydrogen-bond acceptors (Lipinski definition) is 4. The van der Waals surface area contributed by atoms with Crippen molar-refractivity contribution in [2.24, 2.45) is 34.0 Å². The van der Waals surface area contributed by atoms with E-state index in [1.807, 2.05) is 37.3 Å². The van der Waals surface area contributed by atoms with Crippen LogP contribution in [0, 0.1) is 34.0 Å². The number of carboxylic acids is 1. The van der Waals surface area contributed by atoms with Crippen molar-refractivity contribution in [1.29, 1.82) is 0 Å². The standard InChI is InChI=1S/C29H36O5/c1-18-20-11-12-21-27(2)14-7-15-28(3,26(32)33)22(27)16-23(29(21,17-20)25(18)31)34-24(30)13-10-19-8-5-4-6-9-19/h4-6,8-10,13,20-23,25,31H,1,7,11-12,14-17H2,2-3H3,(H,32,33). The number of rotatable bonds is 4. The van der Waals surface area contributed by atoms with Crippen LogP contribution in [0.1, 0.15) is 64.4 Å². The minimum absolute atomic E-state index is 0.0964. The number of carbonyl (C=O) groups excluding carboxylic acids is 1. The van der Waals surface area contributed by atoms with Gasteiger partial charge in [-0.25, -0.2) is 4.79 Å². The highest BCUT2D eigenvalue weighted by Gasteiger charge is 2.71. The first kappa shape index (κ1) is 23.3. The summed E-state index contributed by atoms with van der Waals surface area (Å²) in [6, 6.07) is 9.58. The second-order valence-corrected chi connectivity index (χ2v) is 11.7. The van der Waals surface area contributed by atoms with Crippen LogP contribution in [0.3, 0.4) is 0 Å². The van der Waals surface area contributed by atoms with Crippen molar-refractivity contribution in [3.05, 3.63) is 54.1 Å². The molecule has 4 fully saturated rings. The van der Waals surface area contributed by atoms with Gasteiger partial charge in [0.1, 0.15) is 6.10 Å². The minimum Gasteiger partial charge on any atom is -0.481 e. The van der Waals surface area contributed by atoms with E-state index in [2.05, 4.69) is 13.5 Å². The lowest BCUT2D eigenvalue weighted by molar-refractivity contribution is -0.232. The minimum atomic E-state index is -0.865. The number of hydrogen-bond donors (Lipinski definition) is 2. The number of fused-ring (bicyclic) bond motifs is 3. The molecule has 0 heterocycles. The fourth-order valence-electron chi connectivity index (χ4n) is 8.58. The lowest BCUT2D eigenvalue weighted by Crippen LogP contribution is -2.65. The van der Waals surface area contributed by atoms with E-state index >= 15 is 0 Å². The van der Waals surface area contributed by atoms with Gasteiger partial charge >= 0.3 is 11.9 Å². The lowest BCUT2D eigenvalue weighted by atomic mass is 9.40. The zero-order chi connectivity index (χ0) is 24.3. The summed E-state index contributed by atoms with van der Waals surface area (Å²) in [5.74, 6) is -0.986. The molecule has 0 radical (unpaired) electrons. The Morgan fingerprint density at radius 1 is 1.12 bits per heavy atom. The maximum atomic E-state index is 13.0. The Hall–Kier alpha value is -2.40. The van der Waals surface area contributed by atoms with Gasteiger partial charge in [-0.2, -0.15) is 0 Å². The first-order chi connectivity index (χ1) is 16.1. The Labute approximate surface area is 201 Å². The van der Waals surface area contributed by atoms with Gasteiger partial charge in [0.05, 0.1) is 11.5 Å². The Morgan fingerprint density at radius 3 is 2.56 bits per heavy atom. The highest BCUT2D eigenvalue weighted by molar-refractivity contribution is 5.87. The molecule has 1 aromatic carbocycles. The molecule has 1 spiro atoms. The van der Waals surface area contributed by atoms with Crippen molar-refractivity contribution < 1.29 is 24.5 Å². The molecular formula is C29H36O5. The molecule has 5 heteroatoms. The van der Waals surface area contributed by atoms with Crippen LogP contribution in [0.15, 0.2) is 48.6 Å². The number of carboxylic acid groups (broad SMARTS) is 1. The molecule has 8 unspecified atom stereocenters. The van der Waals surface area contributed by atoms with Crippen molar-refractivity contribution in [1.82, 2.24) is 0 Å². The van der Waals surface area contributed by atoms with Crippen molar-refractivity contribution in [3.63, 3.8) is 0 Å². The van der Waals surface area contributed by atoms with E-state index in [4.69, 9.17) is 4.74 Å². The van der Waals surface area contributed by atoms with E-state index in [1.165, 1.54) is 6.08 Å². The maximum absolute atomic E-state index is 13.0. The Balaban J connectivity index is 1.53. The average molecular weight is 465 g/mol. The van der Waals surface area contributed by atoms with Gasteiger partial charge in [-0.15, -0.1) is 0 Å². The molecule has 4 aliphatic rings. The van der Waals surface area contributed by atoms with Gasteiger partial charge in [-0.3, -0.25) is 4.79 Å². The van der Waals surface area contributed by atoms with Crippen molar-refractivity contribution in [2.75, 3.05) is 0 Å². The van der Waals surface area contributed by atoms with Crippen LogP contribution >= 0.6 is 0 Å². The molecule has 8 atom stereocenters. The summed E-state index contributed by atoms with van der Waals surface area (Å²) < 4.78 is 6.17. The summed E-state index contributed by atoms with van der Waals surface area (Å²) in [5, 5.41) is 21.8. The summed E-state index contributed by atoms with van der Waals surface area (Å²) in [5.41, 5.74) is 0.103. The smallest absolute Gasteiger partial charge is 0.331 e. The van der Waals surface area contributed by atoms with Crippen LogP contribution in [-0.4, -0.2) is 34.4 Å². The van der Waals surface area contributed by atoms with E-state index in [0.717, 1.165) is 43.2 Å². The fourth-order valence-corrected chi connectivity index (χ4v) is 8.58. The number of aliphatic hydroxyl groups is 1. The number of aliphatic carboxylic acids is 1. The zero-order valence-electron chi connectivity index (χ0n) is 20.2. The van der Waals surface area contributed by atoms with Crippen molar-refractivity contribution in [3.8, 4) is 0 Å². The number of benzene rings is 1. The maximum Gasteiger partial charge on any atom is 0.331 e. The average Bonchev–Trinajstić information content (AvgIpc) is 3.00. The van der Waals surface area contributed by atoms with Crippen molar-refractivity contribution in [2.45, 2.75) is 71.0 Å². The van der Waals surface area contributed by atoms with E-state index < -0.39 is 35.0 Å². The first-order valence-electron chi connectivity index (χ1n) is 12.7. The van der Waals surface area contributed by atoms with Crippen molar-refractivity contribution >= 4 is 18.0 Å². The Morgan fingerprint density at radius 2 is 1.85 bits per heavy atom. The highest BCUT2D eigenvalue weighted by Crippen LogP contribution is 2.72. The predicted molar refractivity (Wildman–Crippen MR) is 130 cm³/mol. The molecular weight excluding hydrogens is 428 g/mol. The summed E-state index contributed by atoms with van der Waals surface area (Å²) >= 11 is 0. The molecule has 0 aromatic heterocycles. The van der Waals surface area contributed by atoms with Crippen LogP contribution in [0.25, 0.3) is 6.08 Å². The molecule has 4 aliphatic carbocycles. The van der Waals surface area contributed by atoms with Gasteiger partial charge in [0.15, 0.2) is 0 Å². The molecule has 1 aromatic rings. The van der Waals surface area contributed by atoms with Crippen LogP contribution in [-0.2, 0) is 14.3 Å². The molecule has 0 aliphatic heterocycles. The predicted octanol–water partition coefficient (Wildman–Crippen LogP) is 5.25. The second kappa shape index (κ2) is 8.08. The number of carbonyl (C=O) groups is 2. The van der Waals surface area contributed by atoms with E-state index in [-0.39, 0.29) is 23.2 Å². The van der Waals surface area contributed by atoms with Crippen LogP contribution in [0.2, 0.25) is 0 Å². The molecule has 0 amide bonds. The third kappa shape index (κ3) is 3.23. The first-order valence-corrected chi connectivity index (χ1v) is 12.7. The molecule has 5 rings (SSSR count). The monoisotopic (exact) mass is 464 g/mol. The van der Waals surface area contributed by atoms with Gasteiger partial charge in [0.2, 0.25) is 0 Å².